The summed E-state index contributed by atoms with van der Waals surface area (Å²) in [7, 11) is 0. The lowest BCUT2D eigenvalue weighted by molar-refractivity contribution is -0.421. The largest absolute Gasteiger partial charge is 0.458 e. The molecule has 0 fully saturated rings. The van der Waals surface area contributed by atoms with Crippen molar-refractivity contribution in [1.29, 1.82) is 0 Å². The molecule has 18 heavy (non-hydrogen) atoms. The molecular formula is C12H13NO4S. The van der Waals surface area contributed by atoms with E-state index in [4.69, 9.17) is 0 Å². The molecule has 0 aliphatic carbocycles. The number of thioether (sulfide) groups is 1. The topological polar surface area (TPSA) is 69.4 Å². The SMILES string of the molecule is CCOC(=O)C(=CSCc1ccccc1)[N+](=O)[O-]. The smallest absolute Gasteiger partial charge is 0.410 e. The highest BCUT2D eigenvalue weighted by atomic mass is 32.2. The zero-order chi connectivity index (χ0) is 13.4. The molecule has 0 aromatic heterocycles. The highest BCUT2D eigenvalue weighted by Gasteiger charge is 2.22. The van der Waals surface area contributed by atoms with Crippen molar-refractivity contribution in [2.24, 2.45) is 0 Å². The molecule has 1 aromatic rings. The van der Waals surface area contributed by atoms with Gasteiger partial charge in [-0.3, -0.25) is 10.1 Å². The third kappa shape index (κ3) is 4.58. The van der Waals surface area contributed by atoms with E-state index in [-0.39, 0.29) is 6.61 Å². The molecule has 1 aromatic carbocycles. The van der Waals surface area contributed by atoms with Crippen LogP contribution in [-0.4, -0.2) is 17.5 Å². The maximum atomic E-state index is 11.3. The standard InChI is InChI=1S/C12H13NO4S/c1-2-17-12(14)11(13(15)16)9-18-8-10-6-4-3-5-7-10/h3-7,9H,2,8H2,1H3. The van der Waals surface area contributed by atoms with Gasteiger partial charge in [-0.05, 0) is 12.5 Å². The van der Waals surface area contributed by atoms with Crippen LogP contribution in [-0.2, 0) is 15.3 Å². The molecule has 0 saturated carbocycles. The Hall–Kier alpha value is -1.82. The van der Waals surface area contributed by atoms with Gasteiger partial charge >= 0.3 is 11.7 Å². The molecule has 96 valence electrons. The van der Waals surface area contributed by atoms with Crippen molar-refractivity contribution >= 4 is 17.7 Å². The van der Waals surface area contributed by atoms with Crippen LogP contribution in [0.2, 0.25) is 0 Å². The number of benzene rings is 1. The molecular weight excluding hydrogens is 254 g/mol. The lowest BCUT2D eigenvalue weighted by Crippen LogP contribution is -2.14. The average molecular weight is 267 g/mol. The number of esters is 1. The normalized spacial score (nSPS) is 11.1. The molecule has 0 amide bonds. The Morgan fingerprint density at radius 1 is 1.44 bits per heavy atom. The maximum Gasteiger partial charge on any atom is 0.410 e. The van der Waals surface area contributed by atoms with Crippen molar-refractivity contribution in [1.82, 2.24) is 0 Å². The Bertz CT molecular complexity index is 445. The Kier molecular flexibility index (Phi) is 5.93. The van der Waals surface area contributed by atoms with Gasteiger partial charge in [0, 0.05) is 5.75 Å². The summed E-state index contributed by atoms with van der Waals surface area (Å²) in [6.45, 7) is 1.72. The summed E-state index contributed by atoms with van der Waals surface area (Å²) in [5.74, 6) is -0.333. The predicted molar refractivity (Wildman–Crippen MR) is 69.4 cm³/mol. The van der Waals surface area contributed by atoms with Gasteiger partial charge in [0.2, 0.25) is 0 Å². The number of rotatable bonds is 6. The summed E-state index contributed by atoms with van der Waals surface area (Å²) >= 11 is 1.19. The van der Waals surface area contributed by atoms with Gasteiger partial charge in [0.25, 0.3) is 0 Å². The monoisotopic (exact) mass is 267 g/mol. The van der Waals surface area contributed by atoms with Gasteiger partial charge in [-0.2, -0.15) is 0 Å². The molecule has 0 radical (unpaired) electrons. The Morgan fingerprint density at radius 3 is 2.67 bits per heavy atom. The second-order valence-corrected chi connectivity index (χ2v) is 4.13. The molecule has 0 unspecified atom stereocenters. The van der Waals surface area contributed by atoms with E-state index < -0.39 is 16.6 Å². The van der Waals surface area contributed by atoms with Gasteiger partial charge in [-0.25, -0.2) is 4.79 Å². The minimum absolute atomic E-state index is 0.118. The van der Waals surface area contributed by atoms with Gasteiger partial charge < -0.3 is 4.74 Å². The average Bonchev–Trinajstić information content (AvgIpc) is 2.35. The minimum atomic E-state index is -0.900. The number of carbonyl (C=O) groups excluding carboxylic acids is 1. The van der Waals surface area contributed by atoms with Crippen LogP contribution < -0.4 is 0 Å². The molecule has 0 N–H and O–H groups in total. The molecule has 0 heterocycles. The third-order valence-corrected chi connectivity index (χ3v) is 2.86. The van der Waals surface area contributed by atoms with E-state index in [0.29, 0.717) is 5.75 Å². The lowest BCUT2D eigenvalue weighted by atomic mass is 10.2. The molecule has 0 saturated heterocycles. The highest BCUT2D eigenvalue weighted by Crippen LogP contribution is 2.16. The maximum absolute atomic E-state index is 11.3. The molecule has 0 atom stereocenters. The zero-order valence-corrected chi connectivity index (χ0v) is 10.7. The van der Waals surface area contributed by atoms with E-state index in [1.165, 1.54) is 17.2 Å². The van der Waals surface area contributed by atoms with Crippen molar-refractivity contribution in [2.75, 3.05) is 6.61 Å². The quantitative estimate of drug-likeness (QED) is 0.343. The van der Waals surface area contributed by atoms with Gasteiger partial charge in [0.05, 0.1) is 16.9 Å². The van der Waals surface area contributed by atoms with Crippen LogP contribution in [0.5, 0.6) is 0 Å². The van der Waals surface area contributed by atoms with Crippen LogP contribution in [0.4, 0.5) is 0 Å². The van der Waals surface area contributed by atoms with E-state index in [0.717, 1.165) is 5.56 Å². The van der Waals surface area contributed by atoms with Gasteiger partial charge in [0.15, 0.2) is 0 Å². The van der Waals surface area contributed by atoms with Crippen LogP contribution in [0.1, 0.15) is 12.5 Å². The molecule has 5 nitrogen and oxygen atoms in total. The van der Waals surface area contributed by atoms with Crippen LogP contribution in [0.15, 0.2) is 41.4 Å². The number of ether oxygens (including phenoxy) is 1. The van der Waals surface area contributed by atoms with E-state index in [1.807, 2.05) is 30.3 Å². The second kappa shape index (κ2) is 7.50. The first-order valence-electron chi connectivity index (χ1n) is 5.32. The summed E-state index contributed by atoms with van der Waals surface area (Å²) < 4.78 is 4.61. The van der Waals surface area contributed by atoms with Crippen molar-refractivity contribution in [2.45, 2.75) is 12.7 Å². The first-order valence-corrected chi connectivity index (χ1v) is 6.37. The predicted octanol–water partition coefficient (Wildman–Crippen LogP) is 2.60. The number of carbonyl (C=O) groups is 1. The minimum Gasteiger partial charge on any atom is -0.458 e. The van der Waals surface area contributed by atoms with E-state index >= 15 is 0 Å². The number of hydrogen-bond acceptors (Lipinski definition) is 5. The van der Waals surface area contributed by atoms with Crippen LogP contribution in [0.25, 0.3) is 0 Å². The summed E-state index contributed by atoms with van der Waals surface area (Å²) in [4.78, 5) is 21.2. The van der Waals surface area contributed by atoms with Crippen molar-refractivity contribution in [3.63, 3.8) is 0 Å². The fourth-order valence-corrected chi connectivity index (χ4v) is 1.97. The summed E-state index contributed by atoms with van der Waals surface area (Å²) in [6.07, 6.45) is 0. The van der Waals surface area contributed by atoms with Crippen molar-refractivity contribution in [3.05, 3.63) is 57.1 Å². The van der Waals surface area contributed by atoms with Gasteiger partial charge in [0.1, 0.15) is 0 Å². The first kappa shape index (κ1) is 14.2. The van der Waals surface area contributed by atoms with Crippen LogP contribution in [0, 0.1) is 10.1 Å². The molecule has 1 rings (SSSR count). The Labute approximate surface area is 109 Å². The Morgan fingerprint density at radius 2 is 2.11 bits per heavy atom. The molecule has 0 spiro atoms. The van der Waals surface area contributed by atoms with E-state index in [9.17, 15) is 14.9 Å². The molecule has 0 aliphatic rings. The van der Waals surface area contributed by atoms with E-state index in [2.05, 4.69) is 4.74 Å². The lowest BCUT2D eigenvalue weighted by Gasteiger charge is -1.99. The van der Waals surface area contributed by atoms with Crippen molar-refractivity contribution < 1.29 is 14.5 Å². The summed E-state index contributed by atoms with van der Waals surface area (Å²) in [6, 6.07) is 9.50. The Balaban J connectivity index is 2.61. The third-order valence-electron chi connectivity index (χ3n) is 1.97. The van der Waals surface area contributed by atoms with Gasteiger partial charge in [-0.15, -0.1) is 11.8 Å². The van der Waals surface area contributed by atoms with Crippen molar-refractivity contribution in [3.8, 4) is 0 Å². The first-order chi connectivity index (χ1) is 8.65. The highest BCUT2D eigenvalue weighted by molar-refractivity contribution is 8.01. The van der Waals surface area contributed by atoms with Gasteiger partial charge in [-0.1, -0.05) is 30.3 Å². The number of hydrogen-bond donors (Lipinski definition) is 0. The summed E-state index contributed by atoms with van der Waals surface area (Å²) in [5, 5.41) is 11.9. The molecule has 0 bridgehead atoms. The molecule has 0 aliphatic heterocycles. The summed E-state index contributed by atoms with van der Waals surface area (Å²) in [5.41, 5.74) is 0.503. The second-order valence-electron chi connectivity index (χ2n) is 3.28. The number of nitrogens with zero attached hydrogens (tertiary/aromatic N) is 1. The fraction of sp³-hybridized carbons (Fsp3) is 0.250. The van der Waals surface area contributed by atoms with E-state index in [1.54, 1.807) is 6.92 Å². The molecule has 6 heteroatoms. The number of nitro groups is 1. The zero-order valence-electron chi connectivity index (χ0n) is 9.87. The van der Waals surface area contributed by atoms with Crippen LogP contribution in [0.3, 0.4) is 0 Å². The fourth-order valence-electron chi connectivity index (χ4n) is 1.16. The van der Waals surface area contributed by atoms with Crippen LogP contribution >= 0.6 is 11.8 Å².